The van der Waals surface area contributed by atoms with Gasteiger partial charge in [0.15, 0.2) is 0 Å². The maximum atomic E-state index is 11.9. The van der Waals surface area contributed by atoms with Gasteiger partial charge in [-0.05, 0) is 77.4 Å². The molecule has 1 fully saturated rings. The zero-order valence-corrected chi connectivity index (χ0v) is 18.9. The van der Waals surface area contributed by atoms with Crippen molar-refractivity contribution in [1.82, 2.24) is 15.5 Å². The molecule has 7 nitrogen and oxygen atoms in total. The van der Waals surface area contributed by atoms with Crippen LogP contribution < -0.4 is 10.6 Å². The Morgan fingerprint density at radius 1 is 0.767 bits per heavy atom. The molecule has 4 N–H and O–H groups in total. The lowest BCUT2D eigenvalue weighted by atomic mass is 10.1. The summed E-state index contributed by atoms with van der Waals surface area (Å²) in [5.74, 6) is 0.211. The summed E-state index contributed by atoms with van der Waals surface area (Å²) in [6.07, 6.45) is 12.7. The summed E-state index contributed by atoms with van der Waals surface area (Å²) in [5.41, 5.74) is 0. The number of hydrogen-bond acceptors (Lipinski definition) is 5. The number of aliphatic hydroxyl groups excluding tert-OH is 2. The zero-order valence-electron chi connectivity index (χ0n) is 18.9. The fourth-order valence-corrected chi connectivity index (χ4v) is 3.80. The van der Waals surface area contributed by atoms with E-state index < -0.39 is 6.10 Å². The van der Waals surface area contributed by atoms with Crippen molar-refractivity contribution in [3.63, 3.8) is 0 Å². The number of nitrogens with one attached hydrogen (secondary N) is 2. The highest BCUT2D eigenvalue weighted by Crippen LogP contribution is 2.10. The smallest absolute Gasteiger partial charge is 0.219 e. The lowest BCUT2D eigenvalue weighted by Crippen LogP contribution is -2.30. The first-order chi connectivity index (χ1) is 14.6. The minimum atomic E-state index is -0.648. The third-order valence-corrected chi connectivity index (χ3v) is 5.73. The van der Waals surface area contributed by atoms with Crippen molar-refractivity contribution in [3.05, 3.63) is 0 Å². The summed E-state index contributed by atoms with van der Waals surface area (Å²) in [4.78, 5) is 26.2. The number of rotatable bonds is 18. The molecule has 7 heteroatoms. The van der Waals surface area contributed by atoms with Gasteiger partial charge >= 0.3 is 0 Å². The van der Waals surface area contributed by atoms with Gasteiger partial charge in [-0.3, -0.25) is 9.59 Å². The number of nitrogens with zero attached hydrogens (tertiary/aromatic N) is 1. The minimum absolute atomic E-state index is 0.0614. The van der Waals surface area contributed by atoms with Crippen LogP contribution in [0.5, 0.6) is 0 Å². The molecule has 0 bridgehead atoms. The first-order valence-corrected chi connectivity index (χ1v) is 12.2. The maximum Gasteiger partial charge on any atom is 0.219 e. The molecule has 1 aliphatic heterocycles. The number of hydrogen-bond donors (Lipinski definition) is 4. The average molecular weight is 428 g/mol. The van der Waals surface area contributed by atoms with Crippen molar-refractivity contribution < 1.29 is 19.8 Å². The normalized spacial score (nSPS) is 15.7. The van der Waals surface area contributed by atoms with Gasteiger partial charge in [0.05, 0.1) is 12.7 Å². The van der Waals surface area contributed by atoms with Crippen LogP contribution in [0, 0.1) is 0 Å². The Bertz CT molecular complexity index is 442. The first kappa shape index (κ1) is 26.9. The van der Waals surface area contributed by atoms with Crippen LogP contribution in [0.15, 0.2) is 0 Å². The molecule has 0 saturated carbocycles. The van der Waals surface area contributed by atoms with E-state index in [0.29, 0.717) is 32.4 Å². The lowest BCUT2D eigenvalue weighted by molar-refractivity contribution is -0.122. The molecule has 0 spiro atoms. The van der Waals surface area contributed by atoms with Gasteiger partial charge in [0, 0.05) is 25.9 Å². The molecule has 1 rings (SSSR count). The van der Waals surface area contributed by atoms with Gasteiger partial charge in [-0.25, -0.2) is 0 Å². The molecule has 0 aromatic rings. The molecule has 1 saturated heterocycles. The Morgan fingerprint density at radius 2 is 1.33 bits per heavy atom. The Balaban J connectivity index is 1.82. The molecular weight excluding hydrogens is 382 g/mol. The van der Waals surface area contributed by atoms with E-state index in [1.54, 1.807) is 0 Å². The van der Waals surface area contributed by atoms with Gasteiger partial charge < -0.3 is 25.7 Å². The number of carbonyl (C=O) groups excluding carboxylic acids is 2. The number of likely N-dealkylation sites (tertiary alicyclic amines) is 1. The molecule has 1 aliphatic rings. The van der Waals surface area contributed by atoms with Crippen molar-refractivity contribution >= 4 is 11.8 Å². The third-order valence-electron chi connectivity index (χ3n) is 5.73. The highest BCUT2D eigenvalue weighted by atomic mass is 16.3. The molecule has 30 heavy (non-hydrogen) atoms. The highest BCUT2D eigenvalue weighted by molar-refractivity contribution is 5.76. The SMILES string of the molecule is O=C(CCCCCN1CCCCC1)NCCCCCC(=O)NCCCCC(O)CO. The van der Waals surface area contributed by atoms with Gasteiger partial charge in [-0.2, -0.15) is 0 Å². The molecule has 0 aromatic heterocycles. The second-order valence-electron chi connectivity index (χ2n) is 8.56. The maximum absolute atomic E-state index is 11.9. The second-order valence-corrected chi connectivity index (χ2v) is 8.56. The molecule has 0 aliphatic carbocycles. The molecule has 176 valence electrons. The summed E-state index contributed by atoms with van der Waals surface area (Å²) in [6.45, 7) is 4.79. The lowest BCUT2D eigenvalue weighted by Gasteiger charge is -2.26. The third kappa shape index (κ3) is 15.6. The van der Waals surface area contributed by atoms with Crippen molar-refractivity contribution in [2.24, 2.45) is 0 Å². The standard InChI is InChI=1S/C23H45N3O4/c27-20-21(28)12-6-8-16-25-22(29)13-4-1-7-15-24-23(30)14-5-2-9-17-26-18-10-3-11-19-26/h21,27-28H,1-20H2,(H,24,30)(H,25,29). The van der Waals surface area contributed by atoms with Crippen LogP contribution >= 0.6 is 0 Å². The Morgan fingerprint density at radius 3 is 1.93 bits per heavy atom. The van der Waals surface area contributed by atoms with Crippen LogP contribution in [0.2, 0.25) is 0 Å². The van der Waals surface area contributed by atoms with Gasteiger partial charge in [-0.1, -0.05) is 19.3 Å². The van der Waals surface area contributed by atoms with E-state index in [1.165, 1.54) is 45.3 Å². The van der Waals surface area contributed by atoms with Crippen LogP contribution in [0.25, 0.3) is 0 Å². The van der Waals surface area contributed by atoms with Gasteiger partial charge in [0.1, 0.15) is 0 Å². The van der Waals surface area contributed by atoms with Crippen LogP contribution in [0.1, 0.15) is 89.9 Å². The fourth-order valence-electron chi connectivity index (χ4n) is 3.80. The van der Waals surface area contributed by atoms with E-state index in [9.17, 15) is 14.7 Å². The molecule has 1 atom stereocenters. The van der Waals surface area contributed by atoms with Crippen LogP contribution in [-0.2, 0) is 9.59 Å². The second kappa shape index (κ2) is 18.6. The Kier molecular flexibility index (Phi) is 16.6. The fraction of sp³-hybridized carbons (Fsp3) is 0.913. The summed E-state index contributed by atoms with van der Waals surface area (Å²) in [7, 11) is 0. The summed E-state index contributed by atoms with van der Waals surface area (Å²) < 4.78 is 0. The minimum Gasteiger partial charge on any atom is -0.394 e. The van der Waals surface area contributed by atoms with Crippen LogP contribution in [0.4, 0.5) is 0 Å². The summed E-state index contributed by atoms with van der Waals surface area (Å²) in [5, 5.41) is 23.8. The summed E-state index contributed by atoms with van der Waals surface area (Å²) in [6, 6.07) is 0. The van der Waals surface area contributed by atoms with Crippen molar-refractivity contribution in [2.75, 3.05) is 39.3 Å². The van der Waals surface area contributed by atoms with E-state index >= 15 is 0 Å². The molecule has 2 amide bonds. The van der Waals surface area contributed by atoms with Crippen molar-refractivity contribution in [2.45, 2.75) is 96.0 Å². The molecule has 1 heterocycles. The first-order valence-electron chi connectivity index (χ1n) is 12.2. The van der Waals surface area contributed by atoms with Gasteiger partial charge in [0.25, 0.3) is 0 Å². The number of carbonyl (C=O) groups is 2. The topological polar surface area (TPSA) is 102 Å². The Hall–Kier alpha value is -1.18. The largest absolute Gasteiger partial charge is 0.394 e. The molecule has 0 radical (unpaired) electrons. The zero-order chi connectivity index (χ0) is 21.9. The number of aliphatic hydroxyl groups is 2. The molecule has 0 aromatic carbocycles. The van der Waals surface area contributed by atoms with E-state index in [1.807, 2.05) is 0 Å². The van der Waals surface area contributed by atoms with Gasteiger partial charge in [-0.15, -0.1) is 0 Å². The van der Waals surface area contributed by atoms with Crippen molar-refractivity contribution in [1.29, 1.82) is 0 Å². The average Bonchev–Trinajstić information content (AvgIpc) is 2.76. The van der Waals surface area contributed by atoms with Crippen LogP contribution in [-0.4, -0.2) is 72.4 Å². The van der Waals surface area contributed by atoms with E-state index in [4.69, 9.17) is 5.11 Å². The van der Waals surface area contributed by atoms with E-state index in [0.717, 1.165) is 44.9 Å². The van der Waals surface area contributed by atoms with Crippen molar-refractivity contribution in [3.8, 4) is 0 Å². The quantitative estimate of drug-likeness (QED) is 0.252. The number of unbranched alkanes of at least 4 members (excludes halogenated alkanes) is 5. The predicted molar refractivity (Wildman–Crippen MR) is 120 cm³/mol. The summed E-state index contributed by atoms with van der Waals surface area (Å²) >= 11 is 0. The monoisotopic (exact) mass is 427 g/mol. The molecular formula is C23H45N3O4. The van der Waals surface area contributed by atoms with E-state index in [2.05, 4.69) is 15.5 Å². The Labute approximate surface area is 183 Å². The predicted octanol–water partition coefficient (Wildman–Crippen LogP) is 2.35. The number of piperidine rings is 1. The number of amides is 2. The van der Waals surface area contributed by atoms with Gasteiger partial charge in [0.2, 0.25) is 11.8 Å². The van der Waals surface area contributed by atoms with E-state index in [-0.39, 0.29) is 18.4 Å². The van der Waals surface area contributed by atoms with Crippen LogP contribution in [0.3, 0.4) is 0 Å². The molecule has 1 unspecified atom stereocenters. The highest BCUT2D eigenvalue weighted by Gasteiger charge is 2.09.